The maximum Gasteiger partial charge on any atom is 0.308 e. The number of rotatable bonds is 4. The summed E-state index contributed by atoms with van der Waals surface area (Å²) in [5.41, 5.74) is 0.418. The molecule has 1 saturated heterocycles. The van der Waals surface area contributed by atoms with Crippen LogP contribution in [0.2, 0.25) is 0 Å². The van der Waals surface area contributed by atoms with Crippen LogP contribution in [0.4, 0.5) is 0 Å². The Hall–Kier alpha value is -2.24. The maximum atomic E-state index is 12.8. The summed E-state index contributed by atoms with van der Waals surface area (Å²) in [5.74, 6) is -0.566. The number of carboxylic acid groups (broad SMARTS) is 1. The molecule has 0 bridgehead atoms. The van der Waals surface area contributed by atoms with Crippen molar-refractivity contribution in [1.29, 1.82) is 0 Å². The molecule has 0 spiro atoms. The summed E-state index contributed by atoms with van der Waals surface area (Å²) in [4.78, 5) is 25.7. The summed E-state index contributed by atoms with van der Waals surface area (Å²) in [6, 6.07) is 4.65. The van der Waals surface area contributed by atoms with Crippen molar-refractivity contribution in [2.75, 3.05) is 20.8 Å². The average molecular weight is 307 g/mol. The zero-order valence-electron chi connectivity index (χ0n) is 13.0. The molecular formula is C16H21NO5. The first kappa shape index (κ1) is 16.1. The van der Waals surface area contributed by atoms with Crippen molar-refractivity contribution in [1.82, 2.24) is 4.90 Å². The Morgan fingerprint density at radius 2 is 2.00 bits per heavy atom. The van der Waals surface area contributed by atoms with Gasteiger partial charge in [-0.05, 0) is 31.9 Å². The third-order valence-corrected chi connectivity index (χ3v) is 4.21. The van der Waals surface area contributed by atoms with Crippen molar-refractivity contribution in [3.8, 4) is 11.5 Å². The summed E-state index contributed by atoms with van der Waals surface area (Å²) in [7, 11) is 3.03. The van der Waals surface area contributed by atoms with Crippen LogP contribution in [-0.2, 0) is 4.79 Å². The lowest BCUT2D eigenvalue weighted by molar-refractivity contribution is -0.144. The minimum Gasteiger partial charge on any atom is -0.497 e. The van der Waals surface area contributed by atoms with E-state index in [1.165, 1.54) is 7.11 Å². The lowest BCUT2D eigenvalue weighted by atomic mass is 9.89. The Morgan fingerprint density at radius 1 is 1.27 bits per heavy atom. The minimum atomic E-state index is -0.855. The van der Waals surface area contributed by atoms with Gasteiger partial charge in [-0.1, -0.05) is 0 Å². The largest absolute Gasteiger partial charge is 0.497 e. The zero-order valence-corrected chi connectivity index (χ0v) is 13.0. The van der Waals surface area contributed by atoms with E-state index in [1.807, 2.05) is 0 Å². The molecule has 120 valence electrons. The van der Waals surface area contributed by atoms with Crippen molar-refractivity contribution in [3.63, 3.8) is 0 Å². The van der Waals surface area contributed by atoms with Crippen LogP contribution in [0.15, 0.2) is 18.2 Å². The molecule has 1 heterocycles. The number of ether oxygens (including phenoxy) is 2. The summed E-state index contributed by atoms with van der Waals surface area (Å²) < 4.78 is 10.4. The van der Waals surface area contributed by atoms with Crippen LogP contribution in [0, 0.1) is 5.92 Å². The van der Waals surface area contributed by atoms with Crippen LogP contribution in [0.3, 0.4) is 0 Å². The first-order chi connectivity index (χ1) is 10.5. The second-order valence-electron chi connectivity index (χ2n) is 5.39. The highest BCUT2D eigenvalue weighted by Crippen LogP contribution is 2.30. The van der Waals surface area contributed by atoms with Crippen molar-refractivity contribution in [2.24, 2.45) is 5.92 Å². The molecule has 22 heavy (non-hydrogen) atoms. The third-order valence-electron chi connectivity index (χ3n) is 4.21. The van der Waals surface area contributed by atoms with E-state index < -0.39 is 11.9 Å². The summed E-state index contributed by atoms with van der Waals surface area (Å²) >= 11 is 0. The fourth-order valence-electron chi connectivity index (χ4n) is 2.89. The lowest BCUT2D eigenvalue weighted by Crippen LogP contribution is -2.49. The number of amides is 1. The molecule has 2 atom stereocenters. The second-order valence-corrected chi connectivity index (χ2v) is 5.39. The highest BCUT2D eigenvalue weighted by molar-refractivity contribution is 5.97. The molecule has 6 heteroatoms. The van der Waals surface area contributed by atoms with Crippen LogP contribution in [-0.4, -0.2) is 48.7 Å². The van der Waals surface area contributed by atoms with Gasteiger partial charge in [-0.25, -0.2) is 0 Å². The molecule has 1 aliphatic heterocycles. The molecule has 0 aromatic heterocycles. The van der Waals surface area contributed by atoms with Gasteiger partial charge in [0.2, 0.25) is 0 Å². The summed E-state index contributed by atoms with van der Waals surface area (Å²) in [5, 5.41) is 9.27. The maximum absolute atomic E-state index is 12.8. The van der Waals surface area contributed by atoms with E-state index >= 15 is 0 Å². The number of nitrogens with zero attached hydrogens (tertiary/aromatic N) is 1. The number of methoxy groups -OCH3 is 2. The van der Waals surface area contributed by atoms with Crippen molar-refractivity contribution >= 4 is 11.9 Å². The Labute approximate surface area is 129 Å². The van der Waals surface area contributed by atoms with E-state index in [0.29, 0.717) is 36.4 Å². The number of hydrogen-bond acceptors (Lipinski definition) is 4. The van der Waals surface area contributed by atoms with Crippen molar-refractivity contribution < 1.29 is 24.2 Å². The van der Waals surface area contributed by atoms with Gasteiger partial charge in [-0.15, -0.1) is 0 Å². The molecule has 0 radical (unpaired) electrons. The first-order valence-electron chi connectivity index (χ1n) is 7.25. The molecule has 1 aromatic carbocycles. The lowest BCUT2D eigenvalue weighted by Gasteiger charge is -2.37. The number of carbonyl (C=O) groups excluding carboxylic acids is 1. The topological polar surface area (TPSA) is 76.1 Å². The van der Waals surface area contributed by atoms with Gasteiger partial charge in [0.25, 0.3) is 5.91 Å². The van der Waals surface area contributed by atoms with Gasteiger partial charge in [0, 0.05) is 18.7 Å². The van der Waals surface area contributed by atoms with Gasteiger partial charge in [0.1, 0.15) is 11.5 Å². The molecule has 1 N–H and O–H groups in total. The normalized spacial score (nSPS) is 21.3. The molecule has 0 saturated carbocycles. The van der Waals surface area contributed by atoms with Crippen molar-refractivity contribution in [3.05, 3.63) is 23.8 Å². The van der Waals surface area contributed by atoms with E-state index in [2.05, 4.69) is 0 Å². The molecule has 1 aromatic rings. The standard InChI is InChI=1S/C16H21NO5/c1-10-12(16(19)20)5-4-8-17(10)15(18)13-7-6-11(21-2)9-14(13)22-3/h6-7,9-10,12H,4-5,8H2,1-3H3,(H,19,20)/t10-,12-/m0/s1. The number of piperidine rings is 1. The Bertz CT molecular complexity index is 572. The van der Waals surface area contributed by atoms with E-state index in [0.717, 1.165) is 0 Å². The predicted molar refractivity (Wildman–Crippen MR) is 80.4 cm³/mol. The number of carbonyl (C=O) groups is 2. The van der Waals surface area contributed by atoms with Crippen LogP contribution >= 0.6 is 0 Å². The van der Waals surface area contributed by atoms with Gasteiger partial charge in [-0.3, -0.25) is 9.59 Å². The molecule has 1 fully saturated rings. The monoisotopic (exact) mass is 307 g/mol. The molecule has 6 nitrogen and oxygen atoms in total. The fourth-order valence-corrected chi connectivity index (χ4v) is 2.89. The molecule has 1 amide bonds. The van der Waals surface area contributed by atoms with Gasteiger partial charge < -0.3 is 19.5 Å². The Kier molecular flexibility index (Phi) is 4.90. The van der Waals surface area contributed by atoms with Gasteiger partial charge in [0.05, 0.1) is 25.7 Å². The third kappa shape index (κ3) is 3.00. The van der Waals surface area contributed by atoms with Crippen LogP contribution in [0.25, 0.3) is 0 Å². The molecule has 2 rings (SSSR count). The van der Waals surface area contributed by atoms with Gasteiger partial charge in [-0.2, -0.15) is 0 Å². The second kappa shape index (κ2) is 6.68. The zero-order chi connectivity index (χ0) is 16.3. The first-order valence-corrected chi connectivity index (χ1v) is 7.25. The highest BCUT2D eigenvalue weighted by Gasteiger charge is 2.36. The minimum absolute atomic E-state index is 0.210. The molecule has 1 aliphatic rings. The number of carboxylic acids is 1. The van der Waals surface area contributed by atoms with E-state index in [4.69, 9.17) is 9.47 Å². The van der Waals surface area contributed by atoms with E-state index in [1.54, 1.807) is 37.1 Å². The Morgan fingerprint density at radius 3 is 2.59 bits per heavy atom. The smallest absolute Gasteiger partial charge is 0.308 e. The molecular weight excluding hydrogens is 286 g/mol. The SMILES string of the molecule is COc1ccc(C(=O)N2CCC[C@H](C(=O)O)[C@@H]2C)c(OC)c1. The Balaban J connectivity index is 2.29. The fraction of sp³-hybridized carbons (Fsp3) is 0.500. The van der Waals surface area contributed by atoms with Crippen molar-refractivity contribution in [2.45, 2.75) is 25.8 Å². The number of likely N-dealkylation sites (tertiary alicyclic amines) is 1. The summed E-state index contributed by atoms with van der Waals surface area (Å²) in [6.45, 7) is 2.34. The van der Waals surface area contributed by atoms with Crippen LogP contribution < -0.4 is 9.47 Å². The highest BCUT2D eigenvalue weighted by atomic mass is 16.5. The van der Waals surface area contributed by atoms with Gasteiger partial charge >= 0.3 is 5.97 Å². The van der Waals surface area contributed by atoms with E-state index in [-0.39, 0.29) is 11.9 Å². The summed E-state index contributed by atoms with van der Waals surface area (Å²) in [6.07, 6.45) is 1.28. The van der Waals surface area contributed by atoms with Crippen LogP contribution in [0.1, 0.15) is 30.1 Å². The number of aliphatic carboxylic acids is 1. The number of hydrogen-bond donors (Lipinski definition) is 1. The quantitative estimate of drug-likeness (QED) is 0.921. The number of benzene rings is 1. The van der Waals surface area contributed by atoms with E-state index in [9.17, 15) is 14.7 Å². The van der Waals surface area contributed by atoms with Crippen LogP contribution in [0.5, 0.6) is 11.5 Å². The average Bonchev–Trinajstić information content (AvgIpc) is 2.53. The molecule has 0 aliphatic carbocycles. The predicted octanol–water partition coefficient (Wildman–Crippen LogP) is 2.03. The van der Waals surface area contributed by atoms with Gasteiger partial charge in [0.15, 0.2) is 0 Å². The molecule has 0 unspecified atom stereocenters.